The predicted molar refractivity (Wildman–Crippen MR) is 138 cm³/mol. The molecule has 31 heavy (non-hydrogen) atoms. The monoisotopic (exact) mass is 544 g/mol. The lowest BCUT2D eigenvalue weighted by Gasteiger charge is -2.30. The van der Waals surface area contributed by atoms with Crippen LogP contribution < -0.4 is 10.6 Å². The van der Waals surface area contributed by atoms with Crippen LogP contribution in [-0.4, -0.2) is 63.0 Å². The van der Waals surface area contributed by atoms with Crippen molar-refractivity contribution >= 4 is 29.9 Å². The molecular formula is C24H41IN4O2. The molecule has 0 aromatic heterocycles. The van der Waals surface area contributed by atoms with Gasteiger partial charge in [-0.1, -0.05) is 31.2 Å². The molecule has 7 heteroatoms. The van der Waals surface area contributed by atoms with Gasteiger partial charge >= 0.3 is 0 Å². The van der Waals surface area contributed by atoms with E-state index in [1.807, 2.05) is 0 Å². The van der Waals surface area contributed by atoms with Crippen molar-refractivity contribution in [3.05, 3.63) is 35.4 Å². The Morgan fingerprint density at radius 1 is 1.19 bits per heavy atom. The highest BCUT2D eigenvalue weighted by molar-refractivity contribution is 14.0. The summed E-state index contributed by atoms with van der Waals surface area (Å²) in [5.41, 5.74) is 2.66. The number of piperidine rings is 1. The Labute approximate surface area is 205 Å². The number of hydrogen-bond acceptors (Lipinski definition) is 4. The Morgan fingerprint density at radius 3 is 2.74 bits per heavy atom. The van der Waals surface area contributed by atoms with Crippen LogP contribution in [0.15, 0.2) is 29.3 Å². The Hall–Kier alpha value is -0.900. The highest BCUT2D eigenvalue weighted by Gasteiger charge is 2.16. The number of benzene rings is 1. The van der Waals surface area contributed by atoms with Gasteiger partial charge in [-0.15, -0.1) is 24.0 Å². The van der Waals surface area contributed by atoms with E-state index in [2.05, 4.69) is 53.6 Å². The van der Waals surface area contributed by atoms with E-state index in [1.54, 1.807) is 0 Å². The van der Waals surface area contributed by atoms with E-state index in [0.29, 0.717) is 6.54 Å². The van der Waals surface area contributed by atoms with Crippen LogP contribution in [0, 0.1) is 5.92 Å². The summed E-state index contributed by atoms with van der Waals surface area (Å²) >= 11 is 0. The van der Waals surface area contributed by atoms with Crippen LogP contribution >= 0.6 is 24.0 Å². The summed E-state index contributed by atoms with van der Waals surface area (Å²) in [6, 6.07) is 8.89. The minimum Gasteiger partial charge on any atom is -0.379 e. The summed E-state index contributed by atoms with van der Waals surface area (Å²) in [7, 11) is 0. The molecule has 2 saturated heterocycles. The van der Waals surface area contributed by atoms with Gasteiger partial charge in [-0.3, -0.25) is 4.90 Å². The molecule has 1 atom stereocenters. The number of likely N-dealkylation sites (tertiary alicyclic amines) is 1. The third-order valence-corrected chi connectivity index (χ3v) is 5.89. The Kier molecular flexibility index (Phi) is 12.8. The molecule has 176 valence electrons. The van der Waals surface area contributed by atoms with Gasteiger partial charge in [-0.05, 0) is 62.7 Å². The topological polar surface area (TPSA) is 58.1 Å². The van der Waals surface area contributed by atoms with Crippen molar-refractivity contribution in [2.24, 2.45) is 10.9 Å². The van der Waals surface area contributed by atoms with E-state index < -0.39 is 0 Å². The van der Waals surface area contributed by atoms with E-state index in [9.17, 15) is 0 Å². The Balaban J connectivity index is 0.00000341. The van der Waals surface area contributed by atoms with Gasteiger partial charge in [-0.2, -0.15) is 0 Å². The van der Waals surface area contributed by atoms with Gasteiger partial charge in [0.2, 0.25) is 0 Å². The van der Waals surface area contributed by atoms with Crippen molar-refractivity contribution in [2.45, 2.75) is 58.7 Å². The van der Waals surface area contributed by atoms with Crippen molar-refractivity contribution in [1.82, 2.24) is 15.5 Å². The molecule has 2 aliphatic rings. The summed E-state index contributed by atoms with van der Waals surface area (Å²) in [5.74, 6) is 1.75. The summed E-state index contributed by atoms with van der Waals surface area (Å²) in [4.78, 5) is 7.35. The van der Waals surface area contributed by atoms with Crippen molar-refractivity contribution in [3.63, 3.8) is 0 Å². The number of rotatable bonds is 10. The molecular weight excluding hydrogens is 503 g/mol. The van der Waals surface area contributed by atoms with E-state index in [-0.39, 0.29) is 30.1 Å². The second-order valence-electron chi connectivity index (χ2n) is 8.61. The van der Waals surface area contributed by atoms with Crippen molar-refractivity contribution in [2.75, 3.05) is 46.0 Å². The summed E-state index contributed by atoms with van der Waals surface area (Å²) in [5, 5.41) is 6.76. The number of nitrogens with one attached hydrogen (secondary N) is 2. The smallest absolute Gasteiger partial charge is 0.191 e. The van der Waals surface area contributed by atoms with Gasteiger partial charge in [0.05, 0.1) is 19.3 Å². The SMILES string of the molecule is CCNC(=NCc1cccc(CN2CCC(C)CC2)c1)NCCCOC1CCOC1.I. The largest absolute Gasteiger partial charge is 0.379 e. The standard InChI is InChI=1S/C24H40N4O2.HI/c1-3-25-24(26-11-5-14-30-23-10-15-29-19-23)27-17-21-6-4-7-22(16-21)18-28-12-8-20(2)9-13-28;/h4,6-7,16,20,23H,3,5,8-15,17-19H2,1-2H3,(H2,25,26,27);1H. The molecule has 1 unspecified atom stereocenters. The van der Waals surface area contributed by atoms with Crippen LogP contribution in [0.25, 0.3) is 0 Å². The van der Waals surface area contributed by atoms with Crippen molar-refractivity contribution < 1.29 is 9.47 Å². The minimum atomic E-state index is 0. The number of aliphatic imine (C=N–C) groups is 1. The Morgan fingerprint density at radius 2 is 2.00 bits per heavy atom. The minimum absolute atomic E-state index is 0. The second-order valence-corrected chi connectivity index (χ2v) is 8.61. The molecule has 2 aliphatic heterocycles. The Bertz CT molecular complexity index is 644. The molecule has 2 N–H and O–H groups in total. The summed E-state index contributed by atoms with van der Waals surface area (Å²) in [6.45, 7) is 12.7. The maximum absolute atomic E-state index is 5.83. The van der Waals surface area contributed by atoms with E-state index in [0.717, 1.165) is 64.2 Å². The molecule has 0 amide bonds. The van der Waals surface area contributed by atoms with Gasteiger partial charge in [0.25, 0.3) is 0 Å². The molecule has 0 radical (unpaired) electrons. The van der Waals surface area contributed by atoms with E-state index in [4.69, 9.17) is 14.5 Å². The number of guanidine groups is 1. The van der Waals surface area contributed by atoms with Crippen LogP contribution in [0.1, 0.15) is 50.7 Å². The zero-order chi connectivity index (χ0) is 21.0. The van der Waals surface area contributed by atoms with Crippen LogP contribution in [-0.2, 0) is 22.6 Å². The van der Waals surface area contributed by atoms with Gasteiger partial charge in [0, 0.05) is 32.8 Å². The molecule has 6 nitrogen and oxygen atoms in total. The van der Waals surface area contributed by atoms with Gasteiger partial charge in [-0.25, -0.2) is 4.99 Å². The average molecular weight is 545 g/mol. The molecule has 2 heterocycles. The highest BCUT2D eigenvalue weighted by atomic mass is 127. The highest BCUT2D eigenvalue weighted by Crippen LogP contribution is 2.18. The maximum atomic E-state index is 5.83. The molecule has 2 fully saturated rings. The normalized spacial score (nSPS) is 20.5. The first-order valence-corrected chi connectivity index (χ1v) is 11.7. The third-order valence-electron chi connectivity index (χ3n) is 5.89. The number of ether oxygens (including phenoxy) is 2. The predicted octanol–water partition coefficient (Wildman–Crippen LogP) is 3.79. The first kappa shape index (κ1) is 26.4. The summed E-state index contributed by atoms with van der Waals surface area (Å²) in [6.07, 6.45) is 4.91. The lowest BCUT2D eigenvalue weighted by Crippen LogP contribution is -2.38. The van der Waals surface area contributed by atoms with E-state index >= 15 is 0 Å². The molecule has 1 aromatic carbocycles. The fourth-order valence-corrected chi connectivity index (χ4v) is 3.99. The number of halogens is 1. The lowest BCUT2D eigenvalue weighted by molar-refractivity contribution is 0.0420. The fraction of sp³-hybridized carbons (Fsp3) is 0.708. The lowest BCUT2D eigenvalue weighted by atomic mass is 9.98. The van der Waals surface area contributed by atoms with Crippen molar-refractivity contribution in [1.29, 1.82) is 0 Å². The molecule has 0 saturated carbocycles. The average Bonchev–Trinajstić information content (AvgIpc) is 3.27. The molecule has 0 bridgehead atoms. The van der Waals surface area contributed by atoms with Gasteiger partial charge in [0.15, 0.2) is 5.96 Å². The van der Waals surface area contributed by atoms with E-state index in [1.165, 1.54) is 37.1 Å². The first-order chi connectivity index (χ1) is 14.7. The van der Waals surface area contributed by atoms with Gasteiger partial charge < -0.3 is 20.1 Å². The molecule has 3 rings (SSSR count). The molecule has 0 spiro atoms. The summed E-state index contributed by atoms with van der Waals surface area (Å²) < 4.78 is 11.2. The van der Waals surface area contributed by atoms with Crippen LogP contribution in [0.4, 0.5) is 0 Å². The maximum Gasteiger partial charge on any atom is 0.191 e. The third kappa shape index (κ3) is 10.1. The first-order valence-electron chi connectivity index (χ1n) is 11.7. The second kappa shape index (κ2) is 15.0. The molecule has 1 aromatic rings. The van der Waals surface area contributed by atoms with Crippen molar-refractivity contribution in [3.8, 4) is 0 Å². The number of hydrogen-bond donors (Lipinski definition) is 2. The fourth-order valence-electron chi connectivity index (χ4n) is 3.99. The van der Waals surface area contributed by atoms with Crippen LogP contribution in [0.2, 0.25) is 0 Å². The zero-order valence-electron chi connectivity index (χ0n) is 19.3. The zero-order valence-corrected chi connectivity index (χ0v) is 21.6. The molecule has 0 aliphatic carbocycles. The number of nitrogens with zero attached hydrogens (tertiary/aromatic N) is 2. The quantitative estimate of drug-likeness (QED) is 0.203. The van der Waals surface area contributed by atoms with Crippen LogP contribution in [0.3, 0.4) is 0 Å². The van der Waals surface area contributed by atoms with Crippen LogP contribution in [0.5, 0.6) is 0 Å². The van der Waals surface area contributed by atoms with Gasteiger partial charge in [0.1, 0.15) is 0 Å².